The first-order valence-electron chi connectivity index (χ1n) is 11.7. The molecule has 0 fully saturated rings. The molecule has 2 aromatic carbocycles. The minimum absolute atomic E-state index is 0.0329. The lowest BCUT2D eigenvalue weighted by molar-refractivity contribution is 0.0370. The van der Waals surface area contributed by atoms with Gasteiger partial charge >= 0.3 is 6.09 Å². The maximum absolute atomic E-state index is 13.6. The fourth-order valence-electron chi connectivity index (χ4n) is 4.09. The zero-order valence-electron chi connectivity index (χ0n) is 21.2. The van der Waals surface area contributed by atoms with Gasteiger partial charge in [0.15, 0.2) is 9.84 Å². The Kier molecular flexibility index (Phi) is 8.26. The largest absolute Gasteiger partial charge is 0.443 e. The highest BCUT2D eigenvalue weighted by Gasteiger charge is 2.27. The Bertz CT molecular complexity index is 1310. The third-order valence-electron chi connectivity index (χ3n) is 5.93. The highest BCUT2D eigenvalue weighted by Crippen LogP contribution is 2.32. The lowest BCUT2D eigenvalue weighted by Crippen LogP contribution is -2.40. The predicted molar refractivity (Wildman–Crippen MR) is 138 cm³/mol. The summed E-state index contributed by atoms with van der Waals surface area (Å²) in [6.07, 6.45) is 1.43. The van der Waals surface area contributed by atoms with Gasteiger partial charge in [0.2, 0.25) is 0 Å². The molecule has 194 valence electrons. The van der Waals surface area contributed by atoms with Crippen LogP contribution >= 0.6 is 0 Å². The van der Waals surface area contributed by atoms with Crippen LogP contribution in [-0.4, -0.2) is 48.7 Å². The van der Waals surface area contributed by atoms with Crippen molar-refractivity contribution in [1.29, 1.82) is 0 Å². The number of aliphatic hydroxyl groups is 1. The van der Waals surface area contributed by atoms with E-state index in [1.165, 1.54) is 12.1 Å². The summed E-state index contributed by atoms with van der Waals surface area (Å²) in [4.78, 5) is 12.6. The fourth-order valence-corrected chi connectivity index (χ4v) is 4.72. The molecule has 1 unspecified atom stereocenters. The Hall–Kier alpha value is -3.17. The molecule has 0 radical (unpaired) electrons. The number of benzene rings is 2. The Morgan fingerprint density at radius 1 is 1.14 bits per heavy atom. The number of aromatic nitrogens is 1. The molecule has 3 aromatic rings. The number of ether oxygens (including phenoxy) is 1. The van der Waals surface area contributed by atoms with Gasteiger partial charge in [-0.25, -0.2) is 17.6 Å². The molecule has 0 aliphatic heterocycles. The molecule has 7 nitrogen and oxygen atoms in total. The number of halogens is 1. The number of carbonyl (C=O) groups is 1. The van der Waals surface area contributed by atoms with E-state index in [4.69, 9.17) is 9.84 Å². The number of rotatable bonds is 9. The van der Waals surface area contributed by atoms with E-state index in [2.05, 4.69) is 5.32 Å². The molecule has 0 saturated carbocycles. The molecular weight excluding hydrogens is 483 g/mol. The quantitative estimate of drug-likeness (QED) is 0.425. The lowest BCUT2D eigenvalue weighted by Gasteiger charge is -2.26. The molecule has 0 spiro atoms. The van der Waals surface area contributed by atoms with Crippen molar-refractivity contribution < 1.29 is 27.4 Å². The van der Waals surface area contributed by atoms with Crippen LogP contribution in [0.4, 0.5) is 9.18 Å². The molecule has 0 aliphatic rings. The summed E-state index contributed by atoms with van der Waals surface area (Å²) in [6, 6.07) is 14.5. The normalized spacial score (nSPS) is 12.9. The molecule has 1 heterocycles. The van der Waals surface area contributed by atoms with Crippen molar-refractivity contribution in [2.45, 2.75) is 57.1 Å². The summed E-state index contributed by atoms with van der Waals surface area (Å²) in [5.41, 5.74) is 3.29. The van der Waals surface area contributed by atoms with Crippen molar-refractivity contribution in [1.82, 2.24) is 9.88 Å². The lowest BCUT2D eigenvalue weighted by atomic mass is 9.98. The van der Waals surface area contributed by atoms with Crippen LogP contribution in [-0.2, 0) is 21.0 Å². The van der Waals surface area contributed by atoms with Crippen LogP contribution in [0.5, 0.6) is 0 Å². The highest BCUT2D eigenvalue weighted by atomic mass is 32.2. The SMILES string of the molecule is Cc1c(CC(C)(C)OC(=O)NC(C)CCO)cc(-c2ccc(S(C)(=O)=O)cc2)n1-c1ccc(F)cc1. The molecular formula is C27H33FN2O5S. The van der Waals surface area contributed by atoms with Crippen LogP contribution in [0.1, 0.15) is 38.4 Å². The van der Waals surface area contributed by atoms with Crippen molar-refractivity contribution in [2.24, 2.45) is 0 Å². The second kappa shape index (κ2) is 10.8. The van der Waals surface area contributed by atoms with Gasteiger partial charge in [0.05, 0.1) is 10.6 Å². The van der Waals surface area contributed by atoms with Gasteiger partial charge in [0.25, 0.3) is 0 Å². The number of aliphatic hydroxyl groups excluding tert-OH is 1. The number of carbonyl (C=O) groups excluding carboxylic acids is 1. The van der Waals surface area contributed by atoms with Gasteiger partial charge in [-0.2, -0.15) is 0 Å². The first kappa shape index (κ1) is 27.4. The summed E-state index contributed by atoms with van der Waals surface area (Å²) >= 11 is 0. The van der Waals surface area contributed by atoms with Crippen LogP contribution < -0.4 is 5.32 Å². The number of hydrogen-bond acceptors (Lipinski definition) is 5. The summed E-state index contributed by atoms with van der Waals surface area (Å²) < 4.78 is 45.1. The van der Waals surface area contributed by atoms with Gasteiger partial charge in [-0.15, -0.1) is 0 Å². The van der Waals surface area contributed by atoms with Crippen molar-refractivity contribution in [3.8, 4) is 16.9 Å². The van der Waals surface area contributed by atoms with Crippen LogP contribution in [0.3, 0.4) is 0 Å². The molecule has 9 heteroatoms. The maximum atomic E-state index is 13.6. The molecule has 36 heavy (non-hydrogen) atoms. The third kappa shape index (κ3) is 6.73. The number of amides is 1. The van der Waals surface area contributed by atoms with E-state index in [0.717, 1.165) is 34.5 Å². The molecule has 1 amide bonds. The first-order chi connectivity index (χ1) is 16.8. The number of sulfone groups is 1. The van der Waals surface area contributed by atoms with Gasteiger partial charge < -0.3 is 19.7 Å². The van der Waals surface area contributed by atoms with Crippen molar-refractivity contribution in [3.05, 3.63) is 71.7 Å². The fraction of sp³-hybridized carbons (Fsp3) is 0.370. The van der Waals surface area contributed by atoms with Crippen LogP contribution in [0.2, 0.25) is 0 Å². The Balaban J connectivity index is 1.99. The van der Waals surface area contributed by atoms with Crippen molar-refractivity contribution >= 4 is 15.9 Å². The standard InChI is InChI=1S/C27H33FN2O5S/c1-18(14-15-31)29-26(32)35-27(3,4)17-21-16-25(20-6-12-24(13-7-20)36(5,33)34)30(19(21)2)23-10-8-22(28)9-11-23/h6-13,16,18,31H,14-15,17H2,1-5H3,(H,29,32). The minimum atomic E-state index is -3.34. The summed E-state index contributed by atoms with van der Waals surface area (Å²) in [5.74, 6) is -0.348. The number of nitrogens with zero attached hydrogens (tertiary/aromatic N) is 1. The molecule has 1 aromatic heterocycles. The minimum Gasteiger partial charge on any atom is -0.443 e. The zero-order valence-corrected chi connectivity index (χ0v) is 22.0. The molecule has 0 aliphatic carbocycles. The number of nitrogens with one attached hydrogen (secondary N) is 1. The topological polar surface area (TPSA) is 97.6 Å². The molecule has 0 saturated heterocycles. The summed E-state index contributed by atoms with van der Waals surface area (Å²) in [6.45, 7) is 7.33. The molecule has 3 rings (SSSR count). The van der Waals surface area contributed by atoms with E-state index in [9.17, 15) is 17.6 Å². The smallest absolute Gasteiger partial charge is 0.407 e. The molecule has 0 bridgehead atoms. The monoisotopic (exact) mass is 516 g/mol. The van der Waals surface area contributed by atoms with Crippen molar-refractivity contribution in [3.63, 3.8) is 0 Å². The average molecular weight is 517 g/mol. The van der Waals surface area contributed by atoms with E-state index in [1.54, 1.807) is 43.3 Å². The van der Waals surface area contributed by atoms with E-state index in [1.807, 2.05) is 31.4 Å². The molecule has 2 N–H and O–H groups in total. The van der Waals surface area contributed by atoms with Crippen LogP contribution in [0.25, 0.3) is 16.9 Å². The van der Waals surface area contributed by atoms with Crippen molar-refractivity contribution in [2.75, 3.05) is 12.9 Å². The second-order valence-electron chi connectivity index (χ2n) is 9.63. The Labute approximate surface area is 211 Å². The first-order valence-corrected chi connectivity index (χ1v) is 13.6. The summed E-state index contributed by atoms with van der Waals surface area (Å²) in [5, 5.41) is 11.8. The Morgan fingerprint density at radius 3 is 2.31 bits per heavy atom. The number of alkyl carbamates (subject to hydrolysis) is 1. The van der Waals surface area contributed by atoms with Gasteiger partial charge in [0, 0.05) is 36.7 Å². The Morgan fingerprint density at radius 2 is 1.75 bits per heavy atom. The van der Waals surface area contributed by atoms with Gasteiger partial charge in [0.1, 0.15) is 11.4 Å². The average Bonchev–Trinajstić information content (AvgIpc) is 3.08. The maximum Gasteiger partial charge on any atom is 0.407 e. The van der Waals surface area contributed by atoms with E-state index in [-0.39, 0.29) is 23.4 Å². The zero-order chi connectivity index (χ0) is 26.7. The summed E-state index contributed by atoms with van der Waals surface area (Å²) in [7, 11) is -3.34. The third-order valence-corrected chi connectivity index (χ3v) is 7.06. The van der Waals surface area contributed by atoms with Gasteiger partial charge in [-0.05, 0) is 87.7 Å². The van der Waals surface area contributed by atoms with E-state index in [0.29, 0.717) is 12.8 Å². The highest BCUT2D eigenvalue weighted by molar-refractivity contribution is 7.90. The van der Waals surface area contributed by atoms with Gasteiger partial charge in [-0.3, -0.25) is 0 Å². The van der Waals surface area contributed by atoms with E-state index < -0.39 is 21.5 Å². The van der Waals surface area contributed by atoms with Crippen LogP contribution in [0, 0.1) is 12.7 Å². The predicted octanol–water partition coefficient (Wildman–Crippen LogP) is 4.81. The van der Waals surface area contributed by atoms with Crippen LogP contribution in [0.15, 0.2) is 59.5 Å². The number of hydrogen-bond donors (Lipinski definition) is 2. The van der Waals surface area contributed by atoms with Gasteiger partial charge in [-0.1, -0.05) is 12.1 Å². The molecule has 1 atom stereocenters. The second-order valence-corrected chi connectivity index (χ2v) is 11.6. The van der Waals surface area contributed by atoms with E-state index >= 15 is 0 Å².